The molecule has 0 atom stereocenters. The molecule has 2 aliphatic rings. The lowest BCUT2D eigenvalue weighted by atomic mass is 9.84. The molecule has 5 rings (SSSR count). The molecule has 0 bridgehead atoms. The van der Waals surface area contributed by atoms with Crippen LogP contribution < -0.4 is 10.6 Å². The topological polar surface area (TPSA) is 72.9 Å². The largest absolute Gasteiger partial charge is 0.341 e. The van der Waals surface area contributed by atoms with Gasteiger partial charge < -0.3 is 10.6 Å². The van der Waals surface area contributed by atoms with Crippen molar-refractivity contribution in [2.24, 2.45) is 11.7 Å². The predicted molar refractivity (Wildman–Crippen MR) is 117 cm³/mol. The van der Waals surface area contributed by atoms with Gasteiger partial charge in [0.25, 0.3) is 0 Å². The van der Waals surface area contributed by atoms with Crippen LogP contribution in [0.5, 0.6) is 0 Å². The molecule has 3 heterocycles. The molecule has 6 heteroatoms. The monoisotopic (exact) mass is 390 g/mol. The third-order valence-corrected chi connectivity index (χ3v) is 6.55. The fraction of sp³-hybridized carbons (Fsp3) is 0.522. The van der Waals surface area contributed by atoms with Crippen LogP contribution in [0.15, 0.2) is 36.5 Å². The van der Waals surface area contributed by atoms with Gasteiger partial charge in [0.05, 0.1) is 5.39 Å². The van der Waals surface area contributed by atoms with Gasteiger partial charge >= 0.3 is 0 Å². The van der Waals surface area contributed by atoms with Crippen molar-refractivity contribution in [1.82, 2.24) is 19.7 Å². The molecular weight excluding hydrogens is 360 g/mol. The molecule has 1 saturated heterocycles. The van der Waals surface area contributed by atoms with Gasteiger partial charge in [-0.15, -0.1) is 0 Å². The average Bonchev–Trinajstić information content (AvgIpc) is 3.42. The highest BCUT2D eigenvalue weighted by atomic mass is 15.3. The molecule has 0 spiro atoms. The van der Waals surface area contributed by atoms with Crippen LogP contribution >= 0.6 is 0 Å². The van der Waals surface area contributed by atoms with Crippen LogP contribution in [-0.2, 0) is 6.54 Å². The molecule has 152 valence electrons. The minimum absolute atomic E-state index is 0.400. The Bertz CT molecular complexity index is 952. The van der Waals surface area contributed by atoms with E-state index in [4.69, 9.17) is 20.8 Å². The normalized spacial score (nSPS) is 22.4. The zero-order chi connectivity index (χ0) is 19.6. The van der Waals surface area contributed by atoms with Crippen molar-refractivity contribution in [2.75, 3.05) is 18.0 Å². The summed E-state index contributed by atoms with van der Waals surface area (Å²) in [5, 5.41) is 6.04. The van der Waals surface area contributed by atoms with Crippen LogP contribution in [0.1, 0.15) is 44.9 Å². The molecule has 2 fully saturated rings. The number of fused-ring (bicyclic) bond motifs is 1. The van der Waals surface area contributed by atoms with Crippen LogP contribution in [0.2, 0.25) is 0 Å². The molecule has 1 aliphatic carbocycles. The molecular formula is C23H30N6. The highest BCUT2D eigenvalue weighted by molar-refractivity contribution is 5.91. The van der Waals surface area contributed by atoms with Gasteiger partial charge in [0.1, 0.15) is 5.69 Å². The minimum Gasteiger partial charge on any atom is -0.341 e. The first-order valence-electron chi connectivity index (χ1n) is 11.1. The first-order chi connectivity index (χ1) is 14.3. The maximum atomic E-state index is 6.08. The van der Waals surface area contributed by atoms with Crippen molar-refractivity contribution in [3.8, 4) is 11.3 Å². The number of nitrogens with two attached hydrogens (primary N) is 1. The van der Waals surface area contributed by atoms with Gasteiger partial charge in [-0.2, -0.15) is 10.1 Å². The standard InChI is InChI=1S/C23H30N6/c24-19-10-8-17(9-11-19)12-15-29-22-20(21(27-29)18-6-2-1-3-7-18)16-25-23(26-22)28-13-4-5-14-28/h1-3,6-7,16-17,19H,4-5,8-15,24H2. The Hall–Kier alpha value is -2.47. The number of hydrogen-bond donors (Lipinski definition) is 1. The molecule has 3 aromatic rings. The van der Waals surface area contributed by atoms with E-state index in [9.17, 15) is 0 Å². The summed E-state index contributed by atoms with van der Waals surface area (Å²) in [5.74, 6) is 1.59. The molecule has 2 N–H and O–H groups in total. The van der Waals surface area contributed by atoms with Gasteiger partial charge in [0.2, 0.25) is 5.95 Å². The van der Waals surface area contributed by atoms with Gasteiger partial charge in [0, 0.05) is 37.4 Å². The van der Waals surface area contributed by atoms with Crippen molar-refractivity contribution in [2.45, 2.75) is 57.5 Å². The van der Waals surface area contributed by atoms with Gasteiger partial charge in [-0.25, -0.2) is 9.67 Å². The van der Waals surface area contributed by atoms with E-state index in [1.54, 1.807) is 0 Å². The Labute approximate surface area is 172 Å². The van der Waals surface area contributed by atoms with Crippen molar-refractivity contribution in [1.29, 1.82) is 0 Å². The fourth-order valence-electron chi connectivity index (χ4n) is 4.77. The zero-order valence-corrected chi connectivity index (χ0v) is 17.0. The fourth-order valence-corrected chi connectivity index (χ4v) is 4.77. The highest BCUT2D eigenvalue weighted by Gasteiger charge is 2.22. The van der Waals surface area contributed by atoms with E-state index in [-0.39, 0.29) is 0 Å². The number of anilines is 1. The summed E-state index contributed by atoms with van der Waals surface area (Å²) < 4.78 is 2.12. The molecule has 1 aliphatic heterocycles. The van der Waals surface area contributed by atoms with Crippen LogP contribution in [0, 0.1) is 5.92 Å². The SMILES string of the molecule is NC1CCC(CCn2nc(-c3ccccc3)c3cnc(N4CCCC4)nc32)CC1. The number of aromatic nitrogens is 4. The first-order valence-corrected chi connectivity index (χ1v) is 11.1. The van der Waals surface area contributed by atoms with Gasteiger partial charge in [-0.3, -0.25) is 0 Å². The highest BCUT2D eigenvalue weighted by Crippen LogP contribution is 2.30. The van der Waals surface area contributed by atoms with Crippen LogP contribution in [-0.4, -0.2) is 38.9 Å². The lowest BCUT2D eigenvalue weighted by Crippen LogP contribution is -2.27. The Morgan fingerprint density at radius 3 is 2.52 bits per heavy atom. The summed E-state index contributed by atoms with van der Waals surface area (Å²) in [5.41, 5.74) is 9.16. The minimum atomic E-state index is 0.400. The zero-order valence-electron chi connectivity index (χ0n) is 17.0. The summed E-state index contributed by atoms with van der Waals surface area (Å²) in [6.45, 7) is 3.00. The number of rotatable bonds is 5. The van der Waals surface area contributed by atoms with E-state index < -0.39 is 0 Å². The number of aryl methyl sites for hydroxylation is 1. The molecule has 1 aromatic carbocycles. The van der Waals surface area contributed by atoms with E-state index in [1.165, 1.54) is 25.7 Å². The maximum Gasteiger partial charge on any atom is 0.227 e. The second-order valence-electron chi connectivity index (χ2n) is 8.61. The number of nitrogens with zero attached hydrogens (tertiary/aromatic N) is 5. The lowest BCUT2D eigenvalue weighted by Gasteiger charge is -2.25. The van der Waals surface area contributed by atoms with Gasteiger partial charge in [-0.05, 0) is 50.9 Å². The predicted octanol–water partition coefficient (Wildman–Crippen LogP) is 4.00. The Balaban J connectivity index is 1.47. The second kappa shape index (κ2) is 8.11. The third-order valence-electron chi connectivity index (χ3n) is 6.55. The molecule has 0 amide bonds. The van der Waals surface area contributed by atoms with Crippen molar-refractivity contribution < 1.29 is 0 Å². The van der Waals surface area contributed by atoms with E-state index in [2.05, 4.69) is 33.8 Å². The molecule has 2 aromatic heterocycles. The summed E-state index contributed by atoms with van der Waals surface area (Å²) in [6, 6.07) is 10.8. The summed E-state index contributed by atoms with van der Waals surface area (Å²) >= 11 is 0. The Kier molecular flexibility index (Phi) is 5.19. The van der Waals surface area contributed by atoms with Gasteiger partial charge in [0.15, 0.2) is 5.65 Å². The van der Waals surface area contributed by atoms with Crippen LogP contribution in [0.3, 0.4) is 0 Å². The van der Waals surface area contributed by atoms with Crippen molar-refractivity contribution in [3.63, 3.8) is 0 Å². The summed E-state index contributed by atoms with van der Waals surface area (Å²) in [6.07, 6.45) is 10.3. The molecule has 0 radical (unpaired) electrons. The van der Waals surface area contributed by atoms with E-state index in [0.717, 1.165) is 73.1 Å². The summed E-state index contributed by atoms with van der Waals surface area (Å²) in [7, 11) is 0. The maximum absolute atomic E-state index is 6.08. The van der Waals surface area contributed by atoms with Crippen LogP contribution in [0.25, 0.3) is 22.3 Å². The van der Waals surface area contributed by atoms with E-state index >= 15 is 0 Å². The van der Waals surface area contributed by atoms with Crippen molar-refractivity contribution >= 4 is 17.0 Å². The van der Waals surface area contributed by atoms with Crippen LogP contribution in [0.4, 0.5) is 5.95 Å². The Morgan fingerprint density at radius 2 is 1.76 bits per heavy atom. The number of hydrogen-bond acceptors (Lipinski definition) is 5. The molecule has 6 nitrogen and oxygen atoms in total. The van der Waals surface area contributed by atoms with Gasteiger partial charge in [-0.1, -0.05) is 30.3 Å². The van der Waals surface area contributed by atoms with E-state index in [0.29, 0.717) is 6.04 Å². The smallest absolute Gasteiger partial charge is 0.227 e. The third kappa shape index (κ3) is 3.86. The lowest BCUT2D eigenvalue weighted by molar-refractivity contribution is 0.296. The Morgan fingerprint density at radius 1 is 1.00 bits per heavy atom. The quantitative estimate of drug-likeness (QED) is 0.713. The average molecular weight is 391 g/mol. The van der Waals surface area contributed by atoms with Crippen molar-refractivity contribution in [3.05, 3.63) is 36.5 Å². The summed E-state index contributed by atoms with van der Waals surface area (Å²) in [4.78, 5) is 12.0. The molecule has 29 heavy (non-hydrogen) atoms. The van der Waals surface area contributed by atoms with E-state index in [1.807, 2.05) is 12.3 Å². The molecule has 0 unspecified atom stereocenters. The molecule has 1 saturated carbocycles. The number of benzene rings is 1. The first kappa shape index (κ1) is 18.6. The second-order valence-corrected chi connectivity index (χ2v) is 8.61.